The van der Waals surface area contributed by atoms with Gasteiger partial charge in [0.1, 0.15) is 0 Å². The molecule has 1 aromatic heterocycles. The Morgan fingerprint density at radius 2 is 2.31 bits per heavy atom. The lowest BCUT2D eigenvalue weighted by Crippen LogP contribution is -2.05. The summed E-state index contributed by atoms with van der Waals surface area (Å²) in [6.07, 6.45) is 0.870. The molecule has 1 unspecified atom stereocenters. The monoisotopic (exact) mass is 183 g/mol. The number of nitrogens with one attached hydrogen (secondary N) is 1. The highest BCUT2D eigenvalue weighted by Crippen LogP contribution is 2.18. The number of carbonyl (C=O) groups is 1. The lowest BCUT2D eigenvalue weighted by atomic mass is 10.0. The molecule has 0 saturated heterocycles. The molecule has 0 aliphatic rings. The largest absolute Gasteiger partial charge is 0.481 e. The van der Waals surface area contributed by atoms with Crippen molar-refractivity contribution < 1.29 is 9.90 Å². The fourth-order valence-corrected chi connectivity index (χ4v) is 1.27. The molecule has 13 heavy (non-hydrogen) atoms. The molecular weight excluding hydrogens is 170 g/mol. The van der Waals surface area contributed by atoms with Crippen LogP contribution in [0.2, 0.25) is 0 Å². The Labute approximate surface area is 76.2 Å². The van der Waals surface area contributed by atoms with Crippen molar-refractivity contribution in [1.29, 1.82) is 0 Å². The Balaban J connectivity index is 2.75. The van der Waals surface area contributed by atoms with Gasteiger partial charge in [-0.05, 0) is 6.42 Å². The van der Waals surface area contributed by atoms with Crippen molar-refractivity contribution in [2.75, 3.05) is 0 Å². The Bertz CT molecular complexity index is 295. The maximum Gasteiger partial charge on any atom is 0.304 e. The minimum absolute atomic E-state index is 0.0776. The van der Waals surface area contributed by atoms with Gasteiger partial charge in [-0.1, -0.05) is 13.8 Å². The summed E-state index contributed by atoms with van der Waals surface area (Å²) in [6.45, 7) is 3.81. The third kappa shape index (κ3) is 2.27. The molecule has 0 amide bonds. The maximum atomic E-state index is 10.4. The summed E-state index contributed by atoms with van der Waals surface area (Å²) < 4.78 is 0. The van der Waals surface area contributed by atoms with Gasteiger partial charge in [0.25, 0.3) is 0 Å². The van der Waals surface area contributed by atoms with E-state index in [4.69, 9.17) is 5.11 Å². The zero-order valence-corrected chi connectivity index (χ0v) is 7.74. The average Bonchev–Trinajstić information content (AvgIpc) is 2.49. The third-order valence-electron chi connectivity index (χ3n) is 1.93. The minimum atomic E-state index is -0.808. The van der Waals surface area contributed by atoms with Gasteiger partial charge >= 0.3 is 5.97 Å². The van der Waals surface area contributed by atoms with Crippen LogP contribution < -0.4 is 0 Å². The number of aliphatic carboxylic acids is 1. The van der Waals surface area contributed by atoms with Crippen molar-refractivity contribution in [3.8, 4) is 0 Å². The molecule has 1 atom stereocenters. The number of hydrogen-bond donors (Lipinski definition) is 2. The molecular formula is C8H13N3O2. The Morgan fingerprint density at radius 3 is 2.85 bits per heavy atom. The molecule has 0 saturated carbocycles. The van der Waals surface area contributed by atoms with Crippen molar-refractivity contribution in [3.05, 3.63) is 11.4 Å². The fourth-order valence-electron chi connectivity index (χ4n) is 1.27. The first-order chi connectivity index (χ1) is 6.15. The van der Waals surface area contributed by atoms with Gasteiger partial charge in [0, 0.05) is 5.92 Å². The first-order valence-electron chi connectivity index (χ1n) is 4.26. The van der Waals surface area contributed by atoms with Gasteiger partial charge in [-0.2, -0.15) is 15.4 Å². The Morgan fingerprint density at radius 1 is 1.62 bits per heavy atom. The number of H-pyrrole nitrogens is 1. The first kappa shape index (κ1) is 9.70. The summed E-state index contributed by atoms with van der Waals surface area (Å²) in [6, 6.07) is 0. The highest BCUT2D eigenvalue weighted by atomic mass is 16.4. The number of aryl methyl sites for hydroxylation is 1. The standard InChI is InChI=1S/C8H13N3O2/c1-3-6-8(10-11-9-6)5(2)4-7(12)13/h5H,3-4H2,1-2H3,(H,12,13)(H,9,10,11). The molecule has 72 valence electrons. The van der Waals surface area contributed by atoms with E-state index in [2.05, 4.69) is 15.4 Å². The molecule has 0 aromatic carbocycles. The van der Waals surface area contributed by atoms with Crippen molar-refractivity contribution in [3.63, 3.8) is 0 Å². The molecule has 0 aliphatic heterocycles. The smallest absolute Gasteiger partial charge is 0.304 e. The van der Waals surface area contributed by atoms with Crippen LogP contribution in [0.15, 0.2) is 0 Å². The fraction of sp³-hybridized carbons (Fsp3) is 0.625. The molecule has 1 rings (SSSR count). The van der Waals surface area contributed by atoms with E-state index < -0.39 is 5.97 Å². The number of carboxylic acid groups (broad SMARTS) is 1. The van der Waals surface area contributed by atoms with E-state index in [1.165, 1.54) is 0 Å². The van der Waals surface area contributed by atoms with Gasteiger partial charge in [0.2, 0.25) is 0 Å². The molecule has 0 radical (unpaired) electrons. The van der Waals surface area contributed by atoms with Crippen LogP contribution in [0.1, 0.15) is 37.6 Å². The lowest BCUT2D eigenvalue weighted by molar-refractivity contribution is -0.137. The van der Waals surface area contributed by atoms with Crippen LogP contribution in [0, 0.1) is 0 Å². The second kappa shape index (κ2) is 4.02. The van der Waals surface area contributed by atoms with Crippen molar-refractivity contribution in [2.24, 2.45) is 0 Å². The zero-order valence-electron chi connectivity index (χ0n) is 7.74. The van der Waals surface area contributed by atoms with Crippen LogP contribution in [0.3, 0.4) is 0 Å². The number of aromatic nitrogens is 3. The molecule has 0 spiro atoms. The predicted octanol–water partition coefficient (Wildman–Crippen LogP) is 0.945. The number of hydrogen-bond acceptors (Lipinski definition) is 3. The van der Waals surface area contributed by atoms with Gasteiger partial charge in [0.05, 0.1) is 17.8 Å². The van der Waals surface area contributed by atoms with Crippen LogP contribution in [0.4, 0.5) is 0 Å². The number of rotatable bonds is 4. The quantitative estimate of drug-likeness (QED) is 0.728. The van der Waals surface area contributed by atoms with Crippen LogP contribution in [-0.4, -0.2) is 26.5 Å². The van der Waals surface area contributed by atoms with Gasteiger partial charge < -0.3 is 5.11 Å². The van der Waals surface area contributed by atoms with Crippen molar-refractivity contribution in [1.82, 2.24) is 15.4 Å². The Kier molecular flexibility index (Phi) is 3.00. The van der Waals surface area contributed by atoms with Gasteiger partial charge in [-0.3, -0.25) is 4.79 Å². The van der Waals surface area contributed by atoms with Gasteiger partial charge in [-0.25, -0.2) is 0 Å². The maximum absolute atomic E-state index is 10.4. The van der Waals surface area contributed by atoms with E-state index in [1.54, 1.807) is 0 Å². The van der Waals surface area contributed by atoms with Crippen molar-refractivity contribution >= 4 is 5.97 Å². The highest BCUT2D eigenvalue weighted by molar-refractivity contribution is 5.67. The molecule has 0 aliphatic carbocycles. The molecule has 1 heterocycles. The van der Waals surface area contributed by atoms with Crippen LogP contribution in [-0.2, 0) is 11.2 Å². The van der Waals surface area contributed by atoms with Gasteiger partial charge in [-0.15, -0.1) is 0 Å². The molecule has 0 fully saturated rings. The van der Waals surface area contributed by atoms with E-state index in [1.807, 2.05) is 13.8 Å². The first-order valence-corrected chi connectivity index (χ1v) is 4.26. The highest BCUT2D eigenvalue weighted by Gasteiger charge is 2.16. The topological polar surface area (TPSA) is 78.9 Å². The third-order valence-corrected chi connectivity index (χ3v) is 1.93. The second-order valence-corrected chi connectivity index (χ2v) is 3.01. The summed E-state index contributed by atoms with van der Waals surface area (Å²) in [5, 5.41) is 19.0. The van der Waals surface area contributed by atoms with E-state index in [0.29, 0.717) is 0 Å². The Hall–Kier alpha value is -1.39. The van der Waals surface area contributed by atoms with Crippen LogP contribution in [0.25, 0.3) is 0 Å². The summed E-state index contributed by atoms with van der Waals surface area (Å²) >= 11 is 0. The van der Waals surface area contributed by atoms with E-state index in [-0.39, 0.29) is 12.3 Å². The SMILES string of the molecule is CCc1n[nH]nc1C(C)CC(=O)O. The number of aromatic amines is 1. The zero-order chi connectivity index (χ0) is 9.84. The summed E-state index contributed by atoms with van der Waals surface area (Å²) in [7, 11) is 0. The molecule has 5 nitrogen and oxygen atoms in total. The van der Waals surface area contributed by atoms with Crippen LogP contribution in [0.5, 0.6) is 0 Å². The average molecular weight is 183 g/mol. The normalized spacial score (nSPS) is 12.8. The van der Waals surface area contributed by atoms with E-state index in [9.17, 15) is 4.79 Å². The van der Waals surface area contributed by atoms with Gasteiger partial charge in [0.15, 0.2) is 0 Å². The molecule has 0 bridgehead atoms. The number of carboxylic acids is 1. The van der Waals surface area contributed by atoms with Crippen molar-refractivity contribution in [2.45, 2.75) is 32.6 Å². The second-order valence-electron chi connectivity index (χ2n) is 3.01. The van der Waals surface area contributed by atoms with Crippen LogP contribution >= 0.6 is 0 Å². The number of nitrogens with zero attached hydrogens (tertiary/aromatic N) is 2. The molecule has 2 N–H and O–H groups in total. The lowest BCUT2D eigenvalue weighted by Gasteiger charge is -2.05. The minimum Gasteiger partial charge on any atom is -0.481 e. The van der Waals surface area contributed by atoms with E-state index >= 15 is 0 Å². The summed E-state index contributed by atoms with van der Waals surface area (Å²) in [5.41, 5.74) is 1.62. The summed E-state index contributed by atoms with van der Waals surface area (Å²) in [4.78, 5) is 10.4. The molecule has 5 heteroatoms. The van der Waals surface area contributed by atoms with E-state index in [0.717, 1.165) is 17.8 Å². The predicted molar refractivity (Wildman–Crippen MR) is 46.4 cm³/mol. The molecule has 1 aromatic rings. The summed E-state index contributed by atoms with van der Waals surface area (Å²) in [5.74, 6) is -0.885.